The van der Waals surface area contributed by atoms with E-state index in [2.05, 4.69) is 14.9 Å². The van der Waals surface area contributed by atoms with Crippen LogP contribution in [0.25, 0.3) is 0 Å². The maximum atomic E-state index is 13.1. The van der Waals surface area contributed by atoms with Crippen LogP contribution in [0.3, 0.4) is 0 Å². The lowest BCUT2D eigenvalue weighted by Crippen LogP contribution is -2.16. The van der Waals surface area contributed by atoms with Gasteiger partial charge in [-0.15, -0.1) is 0 Å². The number of nitrogens with one attached hydrogen (secondary N) is 2. The Kier molecular flexibility index (Phi) is 3.19. The zero-order valence-corrected chi connectivity index (χ0v) is 11.2. The summed E-state index contributed by atoms with van der Waals surface area (Å²) in [5.41, 5.74) is 6.95. The van der Waals surface area contributed by atoms with Gasteiger partial charge in [-0.25, -0.2) is 12.8 Å². The summed E-state index contributed by atoms with van der Waals surface area (Å²) in [6.45, 7) is 3.32. The third-order valence-electron chi connectivity index (χ3n) is 2.63. The fourth-order valence-electron chi connectivity index (χ4n) is 1.63. The van der Waals surface area contributed by atoms with Crippen molar-refractivity contribution in [1.82, 2.24) is 10.2 Å². The van der Waals surface area contributed by atoms with Gasteiger partial charge >= 0.3 is 0 Å². The molecule has 0 saturated heterocycles. The van der Waals surface area contributed by atoms with Crippen LogP contribution < -0.4 is 10.5 Å². The lowest BCUT2D eigenvalue weighted by atomic mass is 10.3. The van der Waals surface area contributed by atoms with Crippen molar-refractivity contribution in [2.24, 2.45) is 0 Å². The number of nitrogen functional groups attached to an aromatic ring is 1. The number of nitrogens with zero attached hydrogens (tertiary/aromatic N) is 1. The minimum absolute atomic E-state index is 0.0206. The molecule has 0 unspecified atom stereocenters. The van der Waals surface area contributed by atoms with Crippen LogP contribution >= 0.6 is 0 Å². The minimum Gasteiger partial charge on any atom is -0.398 e. The molecule has 0 aliphatic rings. The summed E-state index contributed by atoms with van der Waals surface area (Å²) in [5, 5.41) is 6.53. The largest absolute Gasteiger partial charge is 0.398 e. The average molecular weight is 284 g/mol. The summed E-state index contributed by atoms with van der Waals surface area (Å²) < 4.78 is 39.9. The summed E-state index contributed by atoms with van der Waals surface area (Å²) in [5.74, 6) is -0.671. The SMILES string of the molecule is Cc1n[nH]c(C)c1NS(=O)(=O)c1cc(F)ccc1N. The lowest BCUT2D eigenvalue weighted by molar-refractivity contribution is 0.596. The maximum Gasteiger partial charge on any atom is 0.264 e. The van der Waals surface area contributed by atoms with Crippen molar-refractivity contribution in [3.8, 4) is 0 Å². The molecule has 8 heteroatoms. The minimum atomic E-state index is -3.96. The van der Waals surface area contributed by atoms with Crippen molar-refractivity contribution in [1.29, 1.82) is 0 Å². The molecule has 0 saturated carbocycles. The topological polar surface area (TPSA) is 101 Å². The van der Waals surface area contributed by atoms with Gasteiger partial charge in [-0.2, -0.15) is 5.10 Å². The number of aromatic amines is 1. The number of aromatic nitrogens is 2. The second kappa shape index (κ2) is 4.54. The molecule has 1 aromatic carbocycles. The second-order valence-electron chi connectivity index (χ2n) is 4.10. The van der Waals surface area contributed by atoms with Crippen molar-refractivity contribution in [3.63, 3.8) is 0 Å². The number of hydrogen-bond acceptors (Lipinski definition) is 4. The highest BCUT2D eigenvalue weighted by Gasteiger charge is 2.21. The Morgan fingerprint density at radius 1 is 1.37 bits per heavy atom. The van der Waals surface area contributed by atoms with E-state index < -0.39 is 15.8 Å². The smallest absolute Gasteiger partial charge is 0.264 e. The molecule has 0 atom stereocenters. The van der Waals surface area contributed by atoms with Gasteiger partial charge in [0.25, 0.3) is 10.0 Å². The third kappa shape index (κ3) is 2.53. The molecule has 0 spiro atoms. The van der Waals surface area contributed by atoms with Crippen LogP contribution in [-0.4, -0.2) is 18.6 Å². The molecular formula is C11H13FN4O2S. The molecule has 6 nitrogen and oxygen atoms in total. The van der Waals surface area contributed by atoms with Crippen molar-refractivity contribution in [2.75, 3.05) is 10.5 Å². The highest BCUT2D eigenvalue weighted by Crippen LogP contribution is 2.25. The van der Waals surface area contributed by atoms with Crippen LogP contribution in [-0.2, 0) is 10.0 Å². The van der Waals surface area contributed by atoms with Crippen LogP contribution in [0, 0.1) is 19.7 Å². The third-order valence-corrected chi connectivity index (χ3v) is 4.04. The summed E-state index contributed by atoms with van der Waals surface area (Å²) in [6, 6.07) is 3.18. The van der Waals surface area contributed by atoms with Gasteiger partial charge in [-0.05, 0) is 32.0 Å². The van der Waals surface area contributed by atoms with E-state index in [-0.39, 0.29) is 10.6 Å². The van der Waals surface area contributed by atoms with Crippen LogP contribution in [0.4, 0.5) is 15.8 Å². The number of sulfonamides is 1. The number of benzene rings is 1. The van der Waals surface area contributed by atoms with Gasteiger partial charge in [0.2, 0.25) is 0 Å². The fraction of sp³-hybridized carbons (Fsp3) is 0.182. The summed E-state index contributed by atoms with van der Waals surface area (Å²) in [6.07, 6.45) is 0. The van der Waals surface area contributed by atoms with Crippen molar-refractivity contribution in [2.45, 2.75) is 18.7 Å². The molecule has 0 fully saturated rings. The first-order chi connectivity index (χ1) is 8.81. The van der Waals surface area contributed by atoms with E-state index in [4.69, 9.17) is 5.73 Å². The summed E-state index contributed by atoms with van der Waals surface area (Å²) in [4.78, 5) is -0.299. The number of halogens is 1. The zero-order valence-electron chi connectivity index (χ0n) is 10.4. The van der Waals surface area contributed by atoms with E-state index in [0.717, 1.165) is 12.1 Å². The van der Waals surface area contributed by atoms with Gasteiger partial charge in [0.1, 0.15) is 10.7 Å². The van der Waals surface area contributed by atoms with Crippen molar-refractivity contribution >= 4 is 21.4 Å². The molecule has 0 amide bonds. The van der Waals surface area contributed by atoms with Crippen molar-refractivity contribution in [3.05, 3.63) is 35.4 Å². The van der Waals surface area contributed by atoms with Gasteiger partial charge < -0.3 is 5.73 Å². The highest BCUT2D eigenvalue weighted by molar-refractivity contribution is 7.92. The maximum absolute atomic E-state index is 13.1. The quantitative estimate of drug-likeness (QED) is 0.744. The second-order valence-corrected chi connectivity index (χ2v) is 5.75. The number of anilines is 2. The van der Waals surface area contributed by atoms with E-state index in [9.17, 15) is 12.8 Å². The molecule has 19 heavy (non-hydrogen) atoms. The molecule has 1 aromatic heterocycles. The molecular weight excluding hydrogens is 271 g/mol. The van der Waals surface area contributed by atoms with E-state index >= 15 is 0 Å². The van der Waals surface area contributed by atoms with Gasteiger partial charge in [0.15, 0.2) is 0 Å². The van der Waals surface area contributed by atoms with Gasteiger partial charge in [-0.3, -0.25) is 9.82 Å². The van der Waals surface area contributed by atoms with Gasteiger partial charge in [0.05, 0.1) is 22.8 Å². The summed E-state index contributed by atoms with van der Waals surface area (Å²) in [7, 11) is -3.96. The van der Waals surface area contributed by atoms with E-state index in [0.29, 0.717) is 17.1 Å². The molecule has 102 valence electrons. The van der Waals surface area contributed by atoms with Gasteiger partial charge in [0, 0.05) is 0 Å². The van der Waals surface area contributed by atoms with E-state index in [1.165, 1.54) is 6.07 Å². The first-order valence-electron chi connectivity index (χ1n) is 5.40. The van der Waals surface area contributed by atoms with Crippen LogP contribution in [0.2, 0.25) is 0 Å². The first-order valence-corrected chi connectivity index (χ1v) is 6.89. The number of hydrogen-bond donors (Lipinski definition) is 3. The highest BCUT2D eigenvalue weighted by atomic mass is 32.2. The number of H-pyrrole nitrogens is 1. The Morgan fingerprint density at radius 2 is 2.05 bits per heavy atom. The van der Waals surface area contributed by atoms with Gasteiger partial charge in [-0.1, -0.05) is 0 Å². The Hall–Kier alpha value is -2.09. The molecule has 0 radical (unpaired) electrons. The molecule has 1 heterocycles. The standard InChI is InChI=1S/C11H13FN4O2S/c1-6-11(7(2)15-14-6)16-19(17,18)10-5-8(12)3-4-9(10)13/h3-5,16H,13H2,1-2H3,(H,14,15). The fourth-order valence-corrected chi connectivity index (χ4v) is 2.96. The van der Waals surface area contributed by atoms with Crippen LogP contribution in [0.5, 0.6) is 0 Å². The van der Waals surface area contributed by atoms with Crippen LogP contribution in [0.15, 0.2) is 23.1 Å². The lowest BCUT2D eigenvalue weighted by Gasteiger charge is -2.10. The van der Waals surface area contributed by atoms with E-state index in [1.54, 1.807) is 13.8 Å². The zero-order chi connectivity index (χ0) is 14.2. The number of rotatable bonds is 3. The monoisotopic (exact) mass is 284 g/mol. The Balaban J connectivity index is 2.47. The predicted octanol–water partition coefficient (Wildman–Crippen LogP) is 1.55. The van der Waals surface area contributed by atoms with Crippen LogP contribution in [0.1, 0.15) is 11.4 Å². The van der Waals surface area contributed by atoms with Crippen molar-refractivity contribution < 1.29 is 12.8 Å². The normalized spacial score (nSPS) is 11.5. The van der Waals surface area contributed by atoms with E-state index in [1.807, 2.05) is 0 Å². The number of aryl methyl sites for hydroxylation is 2. The Morgan fingerprint density at radius 3 is 2.63 bits per heavy atom. The Labute approximate surface area is 109 Å². The molecule has 0 bridgehead atoms. The molecule has 0 aliphatic heterocycles. The predicted molar refractivity (Wildman–Crippen MR) is 69.7 cm³/mol. The average Bonchev–Trinajstić information content (AvgIpc) is 2.63. The molecule has 2 aromatic rings. The Bertz CT molecular complexity index is 705. The number of nitrogens with two attached hydrogens (primary N) is 1. The molecule has 0 aliphatic carbocycles. The molecule has 4 N–H and O–H groups in total. The molecule has 2 rings (SSSR count). The first kappa shape index (κ1) is 13.3. The summed E-state index contributed by atoms with van der Waals surface area (Å²) >= 11 is 0.